The van der Waals surface area contributed by atoms with E-state index in [1.165, 1.54) is 15.8 Å². The minimum atomic E-state index is 0.136. The lowest BCUT2D eigenvalue weighted by Crippen LogP contribution is -2.46. The average Bonchev–Trinajstić information content (AvgIpc) is 2.83. The average molecular weight is 259 g/mol. The van der Waals surface area contributed by atoms with E-state index in [-0.39, 0.29) is 5.92 Å². The topological polar surface area (TPSA) is 20.3 Å². The summed E-state index contributed by atoms with van der Waals surface area (Å²) in [7, 11) is 0. The molecule has 0 aliphatic carbocycles. The van der Waals surface area contributed by atoms with E-state index in [2.05, 4.69) is 41.5 Å². The number of carbonyl (C=O) groups is 1. The number of rotatable bonds is 1. The number of ketones is 1. The Morgan fingerprint density at radius 1 is 1.28 bits per heavy atom. The van der Waals surface area contributed by atoms with E-state index in [0.717, 1.165) is 6.54 Å². The molecule has 0 bridgehead atoms. The Morgan fingerprint density at radius 3 is 2.94 bits per heavy atom. The highest BCUT2D eigenvalue weighted by molar-refractivity contribution is 7.17. The fraction of sp³-hybridized carbons (Fsp3) is 0.400. The van der Waals surface area contributed by atoms with Gasteiger partial charge in [0.25, 0.3) is 0 Å². The van der Waals surface area contributed by atoms with Gasteiger partial charge in [-0.15, -0.1) is 11.3 Å². The van der Waals surface area contributed by atoms with Gasteiger partial charge in [-0.25, -0.2) is 0 Å². The quantitative estimate of drug-likeness (QED) is 0.778. The number of Topliss-reactive ketones (excluding diaryl/α,β-unsaturated/α-hetero) is 1. The third-order valence-electron chi connectivity index (χ3n) is 4.09. The zero-order chi connectivity index (χ0) is 12.7. The molecule has 0 saturated carbocycles. The molecule has 0 radical (unpaired) electrons. The number of thiophene rings is 1. The van der Waals surface area contributed by atoms with Gasteiger partial charge in [-0.2, -0.15) is 0 Å². The maximum absolute atomic E-state index is 11.7. The van der Waals surface area contributed by atoms with E-state index in [4.69, 9.17) is 0 Å². The highest BCUT2D eigenvalue weighted by Crippen LogP contribution is 2.30. The van der Waals surface area contributed by atoms with Gasteiger partial charge in [0, 0.05) is 35.3 Å². The molecule has 2 aromatic rings. The number of anilines is 1. The van der Waals surface area contributed by atoms with Crippen LogP contribution in [-0.2, 0) is 4.79 Å². The van der Waals surface area contributed by atoms with Crippen molar-refractivity contribution in [3.05, 3.63) is 29.6 Å². The minimum absolute atomic E-state index is 0.136. The minimum Gasteiger partial charge on any atom is -0.368 e. The Hall–Kier alpha value is -1.35. The van der Waals surface area contributed by atoms with Crippen LogP contribution in [-0.4, -0.2) is 18.4 Å². The third-order valence-corrected chi connectivity index (χ3v) is 4.99. The van der Waals surface area contributed by atoms with Crippen molar-refractivity contribution in [2.45, 2.75) is 26.3 Å². The smallest absolute Gasteiger partial charge is 0.139 e. The van der Waals surface area contributed by atoms with E-state index < -0.39 is 0 Å². The van der Waals surface area contributed by atoms with Gasteiger partial charge in [0.2, 0.25) is 0 Å². The van der Waals surface area contributed by atoms with Crippen LogP contribution in [0.3, 0.4) is 0 Å². The summed E-state index contributed by atoms with van der Waals surface area (Å²) in [5.74, 6) is 0.535. The first-order valence-electron chi connectivity index (χ1n) is 6.43. The van der Waals surface area contributed by atoms with Crippen LogP contribution in [0, 0.1) is 5.92 Å². The molecule has 2 unspecified atom stereocenters. The molecule has 3 rings (SSSR count). The molecule has 1 saturated heterocycles. The molecule has 1 aromatic carbocycles. The van der Waals surface area contributed by atoms with Crippen LogP contribution in [0.25, 0.3) is 10.1 Å². The Morgan fingerprint density at radius 2 is 2.11 bits per heavy atom. The second-order valence-corrected chi connectivity index (χ2v) is 6.03. The maximum Gasteiger partial charge on any atom is 0.139 e. The molecule has 3 heteroatoms. The molecule has 1 fully saturated rings. The Balaban J connectivity index is 1.96. The van der Waals surface area contributed by atoms with Crippen molar-refractivity contribution >= 4 is 32.9 Å². The van der Waals surface area contributed by atoms with Crippen LogP contribution >= 0.6 is 11.3 Å². The molecule has 0 amide bonds. The molecule has 1 aliphatic heterocycles. The summed E-state index contributed by atoms with van der Waals surface area (Å²) in [4.78, 5) is 14.1. The SMILES string of the molecule is CC1C(=O)CCN(c2ccc3sccc3c2)C1C. The van der Waals surface area contributed by atoms with Crippen molar-refractivity contribution in [1.82, 2.24) is 0 Å². The normalized spacial score (nSPS) is 24.8. The van der Waals surface area contributed by atoms with Crippen molar-refractivity contribution in [2.75, 3.05) is 11.4 Å². The van der Waals surface area contributed by atoms with E-state index in [9.17, 15) is 4.79 Å². The van der Waals surface area contributed by atoms with Crippen molar-refractivity contribution in [1.29, 1.82) is 0 Å². The van der Waals surface area contributed by atoms with Crippen LogP contribution in [0.1, 0.15) is 20.3 Å². The lowest BCUT2D eigenvalue weighted by molar-refractivity contribution is -0.123. The van der Waals surface area contributed by atoms with Crippen molar-refractivity contribution in [3.8, 4) is 0 Å². The second kappa shape index (κ2) is 4.39. The third kappa shape index (κ3) is 1.83. The first-order valence-corrected chi connectivity index (χ1v) is 7.31. The number of nitrogens with zero attached hydrogens (tertiary/aromatic N) is 1. The molecule has 18 heavy (non-hydrogen) atoms. The Bertz CT molecular complexity index is 589. The van der Waals surface area contributed by atoms with Crippen LogP contribution in [0.5, 0.6) is 0 Å². The fourth-order valence-electron chi connectivity index (χ4n) is 2.70. The summed E-state index contributed by atoms with van der Waals surface area (Å²) in [5.41, 5.74) is 1.24. The van der Waals surface area contributed by atoms with Gasteiger partial charge in [-0.05, 0) is 42.0 Å². The monoisotopic (exact) mass is 259 g/mol. The number of benzene rings is 1. The van der Waals surface area contributed by atoms with E-state index in [1.54, 1.807) is 11.3 Å². The van der Waals surface area contributed by atoms with E-state index in [0.29, 0.717) is 18.2 Å². The summed E-state index contributed by atoms with van der Waals surface area (Å²) in [6, 6.07) is 9.06. The van der Waals surface area contributed by atoms with Gasteiger partial charge in [0.15, 0.2) is 0 Å². The highest BCUT2D eigenvalue weighted by Gasteiger charge is 2.30. The zero-order valence-electron chi connectivity index (χ0n) is 10.7. The molecule has 0 N–H and O–H groups in total. The Labute approximate surface area is 111 Å². The number of hydrogen-bond donors (Lipinski definition) is 0. The van der Waals surface area contributed by atoms with Gasteiger partial charge in [0.1, 0.15) is 5.78 Å². The number of carbonyl (C=O) groups excluding carboxylic acids is 1. The van der Waals surface area contributed by atoms with Crippen molar-refractivity contribution in [3.63, 3.8) is 0 Å². The summed E-state index contributed by atoms with van der Waals surface area (Å²) >= 11 is 1.77. The zero-order valence-corrected chi connectivity index (χ0v) is 11.5. The standard InChI is InChI=1S/C15H17NOS/c1-10-11(2)16(7-5-14(10)17)13-3-4-15-12(9-13)6-8-18-15/h3-4,6,8-11H,5,7H2,1-2H3. The number of hydrogen-bond acceptors (Lipinski definition) is 3. The molecule has 0 spiro atoms. The lowest BCUT2D eigenvalue weighted by atomic mass is 9.90. The molecule has 1 aliphatic rings. The largest absolute Gasteiger partial charge is 0.368 e. The van der Waals surface area contributed by atoms with E-state index in [1.807, 2.05) is 6.92 Å². The number of fused-ring (bicyclic) bond motifs is 1. The fourth-order valence-corrected chi connectivity index (χ4v) is 3.47. The van der Waals surface area contributed by atoms with Crippen LogP contribution in [0.2, 0.25) is 0 Å². The maximum atomic E-state index is 11.7. The van der Waals surface area contributed by atoms with Gasteiger partial charge in [0.05, 0.1) is 0 Å². The molecular weight excluding hydrogens is 242 g/mol. The Kier molecular flexibility index (Phi) is 2.86. The van der Waals surface area contributed by atoms with Crippen molar-refractivity contribution < 1.29 is 4.79 Å². The highest BCUT2D eigenvalue weighted by atomic mass is 32.1. The summed E-state index contributed by atoms with van der Waals surface area (Å²) in [6.45, 7) is 5.04. The molecule has 2 atom stereocenters. The molecule has 94 valence electrons. The first-order chi connectivity index (χ1) is 8.66. The summed E-state index contributed by atoms with van der Waals surface area (Å²) < 4.78 is 1.33. The molecular formula is C15H17NOS. The summed E-state index contributed by atoms with van der Waals surface area (Å²) in [6.07, 6.45) is 0.674. The first kappa shape index (κ1) is 11.7. The van der Waals surface area contributed by atoms with Crippen LogP contribution in [0.4, 0.5) is 5.69 Å². The van der Waals surface area contributed by atoms with Gasteiger partial charge in [-0.3, -0.25) is 4.79 Å². The van der Waals surface area contributed by atoms with Crippen molar-refractivity contribution in [2.24, 2.45) is 5.92 Å². The van der Waals surface area contributed by atoms with Gasteiger partial charge < -0.3 is 4.90 Å². The van der Waals surface area contributed by atoms with Gasteiger partial charge in [-0.1, -0.05) is 6.92 Å². The predicted molar refractivity (Wildman–Crippen MR) is 77.4 cm³/mol. The van der Waals surface area contributed by atoms with Crippen LogP contribution < -0.4 is 4.90 Å². The van der Waals surface area contributed by atoms with E-state index >= 15 is 0 Å². The van der Waals surface area contributed by atoms with Crippen LogP contribution in [0.15, 0.2) is 29.6 Å². The molecule has 1 aromatic heterocycles. The summed E-state index contributed by atoms with van der Waals surface area (Å²) in [5, 5.41) is 3.43. The molecule has 2 nitrogen and oxygen atoms in total. The molecule has 2 heterocycles. The lowest BCUT2D eigenvalue weighted by Gasteiger charge is -2.38. The predicted octanol–water partition coefficient (Wildman–Crippen LogP) is 3.71. The van der Waals surface area contributed by atoms with Gasteiger partial charge >= 0.3 is 0 Å². The second-order valence-electron chi connectivity index (χ2n) is 5.08. The number of piperidine rings is 1.